The fourth-order valence-electron chi connectivity index (χ4n) is 3.21. The maximum atomic E-state index is 12.5. The van der Waals surface area contributed by atoms with Crippen LogP contribution in [-0.4, -0.2) is 29.1 Å². The molecule has 0 aliphatic rings. The Morgan fingerprint density at radius 2 is 1.88 bits per heavy atom. The number of ether oxygens (including phenoxy) is 1. The SMILES string of the molecule is COc1ccc(-c2cc(=O)n(CCNC(=O)c3cc4cc(Br)cc(Br)c4oc3=O)cn2)cc1. The number of hydrogen-bond acceptors (Lipinski definition) is 6. The molecule has 0 bridgehead atoms. The van der Waals surface area contributed by atoms with Gasteiger partial charge in [-0.2, -0.15) is 0 Å². The second-order valence-electron chi connectivity index (χ2n) is 7.04. The van der Waals surface area contributed by atoms with Crippen molar-refractivity contribution in [3.8, 4) is 17.0 Å². The second kappa shape index (κ2) is 9.72. The lowest BCUT2D eigenvalue weighted by Gasteiger charge is -2.09. The van der Waals surface area contributed by atoms with Crippen LogP contribution in [0.25, 0.3) is 22.2 Å². The van der Waals surface area contributed by atoms with E-state index in [0.29, 0.717) is 26.9 Å². The molecule has 0 unspecified atom stereocenters. The van der Waals surface area contributed by atoms with E-state index in [1.807, 2.05) is 12.1 Å². The third kappa shape index (κ3) is 5.07. The Bertz CT molecular complexity index is 1460. The van der Waals surface area contributed by atoms with E-state index in [9.17, 15) is 14.4 Å². The van der Waals surface area contributed by atoms with Crippen molar-refractivity contribution in [2.75, 3.05) is 13.7 Å². The van der Waals surface area contributed by atoms with Gasteiger partial charge in [0.05, 0.1) is 23.6 Å². The Hall–Kier alpha value is -3.24. The highest BCUT2D eigenvalue weighted by atomic mass is 79.9. The van der Waals surface area contributed by atoms with Gasteiger partial charge in [-0.1, -0.05) is 15.9 Å². The largest absolute Gasteiger partial charge is 0.497 e. The quantitative estimate of drug-likeness (QED) is 0.349. The molecule has 1 amide bonds. The number of hydrogen-bond donors (Lipinski definition) is 1. The van der Waals surface area contributed by atoms with Crippen molar-refractivity contribution >= 4 is 48.7 Å². The van der Waals surface area contributed by atoms with Crippen LogP contribution in [0.15, 0.2) is 77.8 Å². The summed E-state index contributed by atoms with van der Waals surface area (Å²) in [6, 6.07) is 13.6. The molecule has 0 fully saturated rings. The molecular weight excluding hydrogens is 558 g/mol. The van der Waals surface area contributed by atoms with Gasteiger partial charge in [0, 0.05) is 34.6 Å². The Morgan fingerprint density at radius 1 is 1.12 bits per heavy atom. The molecule has 0 atom stereocenters. The van der Waals surface area contributed by atoms with Crippen LogP contribution in [0.5, 0.6) is 5.75 Å². The van der Waals surface area contributed by atoms with Crippen molar-refractivity contribution < 1.29 is 13.9 Å². The van der Waals surface area contributed by atoms with Gasteiger partial charge in [0.25, 0.3) is 11.5 Å². The number of halogens is 2. The van der Waals surface area contributed by atoms with E-state index in [2.05, 4.69) is 42.2 Å². The van der Waals surface area contributed by atoms with Crippen molar-refractivity contribution in [1.29, 1.82) is 0 Å². The first-order valence-electron chi connectivity index (χ1n) is 9.78. The number of carbonyl (C=O) groups excluding carboxylic acids is 1. The summed E-state index contributed by atoms with van der Waals surface area (Å²) in [5.74, 6) is 0.126. The van der Waals surface area contributed by atoms with Crippen molar-refractivity contribution in [2.24, 2.45) is 0 Å². The van der Waals surface area contributed by atoms with Crippen LogP contribution in [0.3, 0.4) is 0 Å². The van der Waals surface area contributed by atoms with Gasteiger partial charge in [0.1, 0.15) is 11.3 Å². The molecule has 2 aromatic heterocycles. The summed E-state index contributed by atoms with van der Waals surface area (Å²) >= 11 is 6.71. The smallest absolute Gasteiger partial charge is 0.349 e. The highest BCUT2D eigenvalue weighted by Crippen LogP contribution is 2.28. The highest BCUT2D eigenvalue weighted by Gasteiger charge is 2.15. The molecule has 0 saturated carbocycles. The van der Waals surface area contributed by atoms with Gasteiger partial charge in [-0.05, 0) is 58.4 Å². The predicted octanol–water partition coefficient (Wildman–Crippen LogP) is 3.98. The second-order valence-corrected chi connectivity index (χ2v) is 8.81. The van der Waals surface area contributed by atoms with Crippen molar-refractivity contribution in [2.45, 2.75) is 6.54 Å². The number of aromatic nitrogens is 2. The fourth-order valence-corrected chi connectivity index (χ4v) is 4.55. The highest BCUT2D eigenvalue weighted by molar-refractivity contribution is 9.11. The van der Waals surface area contributed by atoms with Crippen molar-refractivity contribution in [1.82, 2.24) is 14.9 Å². The standard InChI is InChI=1S/C23H17Br2N3O5/c1-32-16-4-2-13(3-5-16)19-11-20(29)28(12-27-19)7-6-26-22(30)17-9-14-8-15(24)10-18(25)21(14)33-23(17)31/h2-5,8-12H,6-7H2,1H3,(H,26,30). The van der Waals surface area contributed by atoms with E-state index in [0.717, 1.165) is 10.0 Å². The lowest BCUT2D eigenvalue weighted by atomic mass is 10.1. The van der Waals surface area contributed by atoms with Crippen LogP contribution in [0.2, 0.25) is 0 Å². The molecule has 4 rings (SSSR count). The summed E-state index contributed by atoms with van der Waals surface area (Å²) in [6.07, 6.45) is 1.42. The molecule has 0 radical (unpaired) electrons. The van der Waals surface area contributed by atoms with Crippen LogP contribution in [-0.2, 0) is 6.54 Å². The first kappa shape index (κ1) is 22.9. The van der Waals surface area contributed by atoms with Crippen LogP contribution in [0, 0.1) is 0 Å². The fraction of sp³-hybridized carbons (Fsp3) is 0.130. The number of benzene rings is 2. The molecule has 4 aromatic rings. The number of rotatable bonds is 6. The van der Waals surface area contributed by atoms with Crippen LogP contribution >= 0.6 is 31.9 Å². The number of fused-ring (bicyclic) bond motifs is 1. The predicted molar refractivity (Wildman–Crippen MR) is 131 cm³/mol. The van der Waals surface area contributed by atoms with E-state index in [1.165, 1.54) is 23.0 Å². The van der Waals surface area contributed by atoms with Gasteiger partial charge in [-0.25, -0.2) is 9.78 Å². The van der Waals surface area contributed by atoms with Crippen LogP contribution in [0.1, 0.15) is 10.4 Å². The lowest BCUT2D eigenvalue weighted by Crippen LogP contribution is -2.33. The summed E-state index contributed by atoms with van der Waals surface area (Å²) in [4.78, 5) is 41.6. The van der Waals surface area contributed by atoms with Crippen LogP contribution < -0.4 is 21.2 Å². The van der Waals surface area contributed by atoms with E-state index < -0.39 is 11.5 Å². The maximum Gasteiger partial charge on any atom is 0.349 e. The molecular formula is C23H17Br2N3O5. The average molecular weight is 575 g/mol. The van der Waals surface area contributed by atoms with Gasteiger partial charge >= 0.3 is 5.63 Å². The van der Waals surface area contributed by atoms with E-state index >= 15 is 0 Å². The Labute approximate surface area is 204 Å². The molecule has 0 saturated heterocycles. The van der Waals surface area contributed by atoms with E-state index in [4.69, 9.17) is 9.15 Å². The van der Waals surface area contributed by atoms with Crippen molar-refractivity contribution in [3.05, 3.63) is 90.1 Å². The van der Waals surface area contributed by atoms with Crippen molar-refractivity contribution in [3.63, 3.8) is 0 Å². The molecule has 2 heterocycles. The molecule has 33 heavy (non-hydrogen) atoms. The zero-order valence-electron chi connectivity index (χ0n) is 17.3. The summed E-state index contributed by atoms with van der Waals surface area (Å²) in [7, 11) is 1.58. The number of nitrogens with one attached hydrogen (secondary N) is 1. The first-order valence-corrected chi connectivity index (χ1v) is 11.4. The normalized spacial score (nSPS) is 10.9. The Balaban J connectivity index is 1.45. The third-order valence-corrected chi connectivity index (χ3v) is 5.95. The van der Waals surface area contributed by atoms with Gasteiger partial charge in [0.2, 0.25) is 0 Å². The molecule has 0 aliphatic heterocycles. The molecule has 10 heteroatoms. The minimum absolute atomic E-state index is 0.118. The zero-order valence-corrected chi connectivity index (χ0v) is 20.5. The van der Waals surface area contributed by atoms with Gasteiger partial charge < -0.3 is 14.5 Å². The Morgan fingerprint density at radius 3 is 2.58 bits per heavy atom. The Kier molecular flexibility index (Phi) is 6.75. The summed E-state index contributed by atoms with van der Waals surface area (Å²) in [6.45, 7) is 0.318. The summed E-state index contributed by atoms with van der Waals surface area (Å²) < 4.78 is 13.2. The molecule has 0 aliphatic carbocycles. The number of nitrogens with zero attached hydrogens (tertiary/aromatic N) is 2. The summed E-state index contributed by atoms with van der Waals surface area (Å²) in [5, 5.41) is 3.24. The first-order chi connectivity index (χ1) is 15.9. The molecule has 8 nitrogen and oxygen atoms in total. The molecule has 0 spiro atoms. The monoisotopic (exact) mass is 573 g/mol. The number of carbonyl (C=O) groups is 1. The van der Waals surface area contributed by atoms with E-state index in [-0.39, 0.29) is 24.2 Å². The minimum atomic E-state index is -0.745. The number of amides is 1. The molecule has 168 valence electrons. The molecule has 2 aromatic carbocycles. The average Bonchev–Trinajstić information content (AvgIpc) is 2.80. The third-order valence-electron chi connectivity index (χ3n) is 4.90. The van der Waals surface area contributed by atoms with E-state index in [1.54, 1.807) is 31.4 Å². The number of methoxy groups -OCH3 is 1. The lowest BCUT2D eigenvalue weighted by molar-refractivity contribution is 0.0948. The van der Waals surface area contributed by atoms with Gasteiger partial charge in [-0.3, -0.25) is 14.2 Å². The zero-order chi connectivity index (χ0) is 23.5. The topological polar surface area (TPSA) is 103 Å². The maximum absolute atomic E-state index is 12.5. The minimum Gasteiger partial charge on any atom is -0.497 e. The van der Waals surface area contributed by atoms with Gasteiger partial charge in [0.15, 0.2) is 5.58 Å². The van der Waals surface area contributed by atoms with Gasteiger partial charge in [-0.15, -0.1) is 0 Å². The summed E-state index contributed by atoms with van der Waals surface area (Å²) in [5.41, 5.74) is 0.557. The molecule has 1 N–H and O–H groups in total. The van der Waals surface area contributed by atoms with Crippen LogP contribution in [0.4, 0.5) is 0 Å².